The van der Waals surface area contributed by atoms with E-state index in [4.69, 9.17) is 11.5 Å². The zero-order chi connectivity index (χ0) is 9.84. The van der Waals surface area contributed by atoms with Crippen molar-refractivity contribution in [2.24, 2.45) is 5.73 Å². The molecule has 0 radical (unpaired) electrons. The molecule has 0 saturated heterocycles. The largest absolute Gasteiger partial charge is 0.398 e. The van der Waals surface area contributed by atoms with Crippen molar-refractivity contribution in [1.29, 1.82) is 0 Å². The molecule has 1 aromatic carbocycles. The minimum absolute atomic E-state index is 0.425. The number of nitrogen functional groups attached to an aromatic ring is 1. The van der Waals surface area contributed by atoms with Crippen LogP contribution in [0, 0.1) is 0 Å². The molecule has 0 heterocycles. The Labute approximate surface area is 79.1 Å². The highest BCUT2D eigenvalue weighted by Crippen LogP contribution is 2.17. The van der Waals surface area contributed by atoms with Gasteiger partial charge in [0, 0.05) is 24.0 Å². The molecule has 3 nitrogen and oxygen atoms in total. The number of nitrogens with two attached hydrogens (primary N) is 2. The first-order valence-electron chi connectivity index (χ1n) is 4.48. The first kappa shape index (κ1) is 9.86. The van der Waals surface area contributed by atoms with E-state index in [0.29, 0.717) is 12.6 Å². The summed E-state index contributed by atoms with van der Waals surface area (Å²) in [7, 11) is 0. The van der Waals surface area contributed by atoms with E-state index in [1.807, 2.05) is 18.2 Å². The third-order valence-corrected chi connectivity index (χ3v) is 1.82. The molecule has 0 unspecified atom stereocenters. The Morgan fingerprint density at radius 1 is 1.38 bits per heavy atom. The van der Waals surface area contributed by atoms with Crippen molar-refractivity contribution in [1.82, 2.24) is 0 Å². The second kappa shape index (κ2) is 4.14. The Hall–Kier alpha value is -1.22. The lowest BCUT2D eigenvalue weighted by Gasteiger charge is -2.12. The van der Waals surface area contributed by atoms with Gasteiger partial charge in [-0.25, -0.2) is 0 Å². The minimum atomic E-state index is 0.425. The summed E-state index contributed by atoms with van der Waals surface area (Å²) in [5.74, 6) is 0. The zero-order valence-electron chi connectivity index (χ0n) is 8.17. The van der Waals surface area contributed by atoms with Gasteiger partial charge in [0.05, 0.1) is 0 Å². The third kappa shape index (κ3) is 2.63. The van der Waals surface area contributed by atoms with Crippen LogP contribution in [0.3, 0.4) is 0 Å². The molecular formula is C10H17N3. The summed E-state index contributed by atoms with van der Waals surface area (Å²) in [6.45, 7) is 4.68. The maximum Gasteiger partial charge on any atom is 0.0361 e. The van der Waals surface area contributed by atoms with Crippen LogP contribution < -0.4 is 16.8 Å². The normalized spacial score (nSPS) is 10.5. The third-order valence-electron chi connectivity index (χ3n) is 1.82. The topological polar surface area (TPSA) is 64.1 Å². The van der Waals surface area contributed by atoms with Gasteiger partial charge in [0.15, 0.2) is 0 Å². The minimum Gasteiger partial charge on any atom is -0.398 e. The summed E-state index contributed by atoms with van der Waals surface area (Å²) in [5.41, 5.74) is 14.1. The molecule has 3 heteroatoms. The number of hydrogen-bond acceptors (Lipinski definition) is 3. The highest BCUT2D eigenvalue weighted by Gasteiger charge is 1.99. The van der Waals surface area contributed by atoms with Gasteiger partial charge < -0.3 is 16.8 Å². The second-order valence-corrected chi connectivity index (χ2v) is 3.42. The van der Waals surface area contributed by atoms with Crippen molar-refractivity contribution >= 4 is 11.4 Å². The predicted molar refractivity (Wildman–Crippen MR) is 57.5 cm³/mol. The van der Waals surface area contributed by atoms with Gasteiger partial charge in [0.1, 0.15) is 0 Å². The van der Waals surface area contributed by atoms with E-state index < -0.39 is 0 Å². The molecule has 0 bridgehead atoms. The molecule has 0 saturated carbocycles. The van der Waals surface area contributed by atoms with Crippen molar-refractivity contribution in [3.8, 4) is 0 Å². The number of nitrogens with one attached hydrogen (secondary N) is 1. The molecule has 0 aliphatic heterocycles. The monoisotopic (exact) mass is 179 g/mol. The maximum atomic E-state index is 5.72. The van der Waals surface area contributed by atoms with Crippen LogP contribution in [-0.2, 0) is 6.54 Å². The van der Waals surface area contributed by atoms with Crippen LogP contribution in [0.15, 0.2) is 18.2 Å². The molecule has 0 aliphatic carbocycles. The number of hydrogen-bond donors (Lipinski definition) is 3. The van der Waals surface area contributed by atoms with Gasteiger partial charge in [0.2, 0.25) is 0 Å². The van der Waals surface area contributed by atoms with Crippen molar-refractivity contribution < 1.29 is 0 Å². The van der Waals surface area contributed by atoms with Gasteiger partial charge in [0.25, 0.3) is 0 Å². The highest BCUT2D eigenvalue weighted by molar-refractivity contribution is 5.57. The molecule has 0 fully saturated rings. The van der Waals surface area contributed by atoms with Crippen molar-refractivity contribution in [3.63, 3.8) is 0 Å². The summed E-state index contributed by atoms with van der Waals surface area (Å²) in [4.78, 5) is 0. The highest BCUT2D eigenvalue weighted by atomic mass is 14.9. The number of rotatable bonds is 3. The average molecular weight is 179 g/mol. The van der Waals surface area contributed by atoms with Gasteiger partial charge >= 0.3 is 0 Å². The SMILES string of the molecule is CC(C)Nc1ccc(N)c(CN)c1. The molecule has 0 aliphatic rings. The van der Waals surface area contributed by atoms with E-state index >= 15 is 0 Å². The molecule has 72 valence electrons. The second-order valence-electron chi connectivity index (χ2n) is 3.42. The number of benzene rings is 1. The Bertz CT molecular complexity index is 281. The Kier molecular flexibility index (Phi) is 3.14. The summed E-state index contributed by atoms with van der Waals surface area (Å²) < 4.78 is 0. The summed E-state index contributed by atoms with van der Waals surface area (Å²) in [6.07, 6.45) is 0. The lowest BCUT2D eigenvalue weighted by Crippen LogP contribution is -2.10. The maximum absolute atomic E-state index is 5.72. The molecular weight excluding hydrogens is 162 g/mol. The smallest absolute Gasteiger partial charge is 0.0361 e. The van der Waals surface area contributed by atoms with Crippen LogP contribution in [0.4, 0.5) is 11.4 Å². The van der Waals surface area contributed by atoms with Crippen LogP contribution in [0.5, 0.6) is 0 Å². The lowest BCUT2D eigenvalue weighted by molar-refractivity contribution is 0.898. The van der Waals surface area contributed by atoms with Crippen molar-refractivity contribution in [3.05, 3.63) is 23.8 Å². The summed E-state index contributed by atoms with van der Waals surface area (Å²) >= 11 is 0. The Balaban J connectivity index is 2.86. The van der Waals surface area contributed by atoms with Gasteiger partial charge in [-0.15, -0.1) is 0 Å². The lowest BCUT2D eigenvalue weighted by atomic mass is 10.1. The molecule has 1 aromatic rings. The number of anilines is 2. The Morgan fingerprint density at radius 3 is 2.62 bits per heavy atom. The fourth-order valence-electron chi connectivity index (χ4n) is 1.21. The molecule has 0 atom stereocenters. The van der Waals surface area contributed by atoms with Crippen molar-refractivity contribution in [2.75, 3.05) is 11.1 Å². The molecule has 0 aromatic heterocycles. The van der Waals surface area contributed by atoms with E-state index in [1.54, 1.807) is 0 Å². The molecule has 1 rings (SSSR count). The first-order chi connectivity index (χ1) is 6.13. The quantitative estimate of drug-likeness (QED) is 0.617. The fraction of sp³-hybridized carbons (Fsp3) is 0.400. The van der Waals surface area contributed by atoms with Crippen LogP contribution in [-0.4, -0.2) is 6.04 Å². The van der Waals surface area contributed by atoms with Gasteiger partial charge in [-0.05, 0) is 37.6 Å². The predicted octanol–water partition coefficient (Wildman–Crippen LogP) is 1.55. The van der Waals surface area contributed by atoms with E-state index in [9.17, 15) is 0 Å². The molecule has 13 heavy (non-hydrogen) atoms. The summed E-state index contributed by atoms with van der Waals surface area (Å²) in [6, 6.07) is 6.27. The molecule has 5 N–H and O–H groups in total. The van der Waals surface area contributed by atoms with Gasteiger partial charge in [-0.1, -0.05) is 0 Å². The molecule has 0 spiro atoms. The Morgan fingerprint density at radius 2 is 2.08 bits per heavy atom. The standard InChI is InChI=1S/C10H17N3/c1-7(2)13-9-3-4-10(12)8(5-9)6-11/h3-5,7,13H,6,11-12H2,1-2H3. The van der Waals surface area contributed by atoms with Crippen LogP contribution in [0.2, 0.25) is 0 Å². The van der Waals surface area contributed by atoms with E-state index in [1.165, 1.54) is 0 Å². The summed E-state index contributed by atoms with van der Waals surface area (Å²) in [5, 5.41) is 3.30. The van der Waals surface area contributed by atoms with Gasteiger partial charge in [-0.2, -0.15) is 0 Å². The van der Waals surface area contributed by atoms with Crippen LogP contribution >= 0.6 is 0 Å². The first-order valence-corrected chi connectivity index (χ1v) is 4.48. The van der Waals surface area contributed by atoms with E-state index in [-0.39, 0.29) is 0 Å². The van der Waals surface area contributed by atoms with Crippen LogP contribution in [0.25, 0.3) is 0 Å². The van der Waals surface area contributed by atoms with Crippen molar-refractivity contribution in [2.45, 2.75) is 26.4 Å². The zero-order valence-corrected chi connectivity index (χ0v) is 8.17. The van der Waals surface area contributed by atoms with Crippen LogP contribution in [0.1, 0.15) is 19.4 Å². The average Bonchev–Trinajstić information content (AvgIpc) is 2.07. The fourth-order valence-corrected chi connectivity index (χ4v) is 1.21. The van der Waals surface area contributed by atoms with E-state index in [0.717, 1.165) is 16.9 Å². The van der Waals surface area contributed by atoms with E-state index in [2.05, 4.69) is 19.2 Å². The van der Waals surface area contributed by atoms with Gasteiger partial charge in [-0.3, -0.25) is 0 Å². The molecule has 0 amide bonds.